The number of hydrogen-bond acceptors (Lipinski definition) is 2. The number of nitrogens with two attached hydrogens (primary N) is 1. The van der Waals surface area contributed by atoms with Crippen LogP contribution in [0.4, 0.5) is 18.0 Å². The number of carbonyl (C=O) groups excluding carboxylic acids is 2. The molecule has 1 aromatic carbocycles. The van der Waals surface area contributed by atoms with Crippen molar-refractivity contribution in [3.63, 3.8) is 0 Å². The first-order chi connectivity index (χ1) is 11.2. The van der Waals surface area contributed by atoms with Crippen molar-refractivity contribution in [1.29, 1.82) is 0 Å². The van der Waals surface area contributed by atoms with Crippen LogP contribution < -0.4 is 11.1 Å². The van der Waals surface area contributed by atoms with Crippen molar-refractivity contribution in [2.45, 2.75) is 44.4 Å². The summed E-state index contributed by atoms with van der Waals surface area (Å²) in [6, 6.07) is 2.99. The topological polar surface area (TPSA) is 75.4 Å². The second kappa shape index (κ2) is 7.11. The van der Waals surface area contributed by atoms with Crippen LogP contribution in [0.2, 0.25) is 0 Å². The van der Waals surface area contributed by atoms with Crippen LogP contribution in [0, 0.1) is 0 Å². The highest BCUT2D eigenvalue weighted by atomic mass is 19.4. The number of alkyl halides is 3. The van der Waals surface area contributed by atoms with Gasteiger partial charge >= 0.3 is 12.2 Å². The molecule has 1 aliphatic heterocycles. The summed E-state index contributed by atoms with van der Waals surface area (Å²) in [4.78, 5) is 25.0. The number of likely N-dealkylation sites (tertiary alicyclic amines) is 1. The first-order valence-corrected chi connectivity index (χ1v) is 7.73. The van der Waals surface area contributed by atoms with Crippen LogP contribution in [-0.4, -0.2) is 29.4 Å². The van der Waals surface area contributed by atoms with Gasteiger partial charge in [-0.25, -0.2) is 4.79 Å². The smallest absolute Gasteiger partial charge is 0.352 e. The number of amides is 3. The normalized spacial score (nSPS) is 19.7. The SMILES string of the molecule is C[C@H](NC(N)=O)C(=O)N1CCCC[C@@H]1c1ccc(C(F)(F)F)cc1. The van der Waals surface area contributed by atoms with Crippen molar-refractivity contribution in [2.75, 3.05) is 6.54 Å². The van der Waals surface area contributed by atoms with Gasteiger partial charge in [-0.05, 0) is 43.9 Å². The molecule has 1 saturated heterocycles. The molecule has 1 heterocycles. The van der Waals surface area contributed by atoms with Gasteiger partial charge in [0.2, 0.25) is 5.91 Å². The third kappa shape index (κ3) is 4.18. The lowest BCUT2D eigenvalue weighted by atomic mass is 9.94. The van der Waals surface area contributed by atoms with Gasteiger partial charge in [0.05, 0.1) is 11.6 Å². The number of piperidine rings is 1. The van der Waals surface area contributed by atoms with Gasteiger partial charge in [0.25, 0.3) is 0 Å². The fourth-order valence-electron chi connectivity index (χ4n) is 2.96. The number of carbonyl (C=O) groups is 2. The molecule has 2 atom stereocenters. The number of rotatable bonds is 3. The molecule has 8 heteroatoms. The Bertz CT molecular complexity index is 602. The van der Waals surface area contributed by atoms with E-state index >= 15 is 0 Å². The van der Waals surface area contributed by atoms with E-state index in [1.165, 1.54) is 19.1 Å². The van der Waals surface area contributed by atoms with Gasteiger partial charge in [-0.1, -0.05) is 12.1 Å². The Morgan fingerprint density at radius 3 is 2.42 bits per heavy atom. The summed E-state index contributed by atoms with van der Waals surface area (Å²) < 4.78 is 38.0. The van der Waals surface area contributed by atoms with Gasteiger partial charge in [0.15, 0.2) is 0 Å². The number of nitrogens with zero attached hydrogens (tertiary/aromatic N) is 1. The molecule has 2 rings (SSSR count). The predicted molar refractivity (Wildman–Crippen MR) is 81.9 cm³/mol. The third-order valence-corrected chi connectivity index (χ3v) is 4.14. The molecule has 3 N–H and O–H groups in total. The molecule has 3 amide bonds. The van der Waals surface area contributed by atoms with Crippen LogP contribution in [0.3, 0.4) is 0 Å². The van der Waals surface area contributed by atoms with Crippen LogP contribution in [0.25, 0.3) is 0 Å². The molecule has 0 aliphatic carbocycles. The second-order valence-electron chi connectivity index (χ2n) is 5.89. The van der Waals surface area contributed by atoms with Gasteiger partial charge < -0.3 is 16.0 Å². The Labute approximate surface area is 138 Å². The van der Waals surface area contributed by atoms with E-state index in [2.05, 4.69) is 5.32 Å². The summed E-state index contributed by atoms with van der Waals surface area (Å²) in [7, 11) is 0. The van der Waals surface area contributed by atoms with E-state index in [0.29, 0.717) is 18.5 Å². The summed E-state index contributed by atoms with van der Waals surface area (Å²) >= 11 is 0. The summed E-state index contributed by atoms with van der Waals surface area (Å²) in [6.07, 6.45) is -2.03. The van der Waals surface area contributed by atoms with Gasteiger partial charge in [-0.2, -0.15) is 13.2 Å². The van der Waals surface area contributed by atoms with E-state index in [-0.39, 0.29) is 11.9 Å². The number of halogens is 3. The van der Waals surface area contributed by atoms with Crippen LogP contribution in [-0.2, 0) is 11.0 Å². The van der Waals surface area contributed by atoms with Crippen molar-refractivity contribution in [1.82, 2.24) is 10.2 Å². The van der Waals surface area contributed by atoms with Crippen LogP contribution >= 0.6 is 0 Å². The highest BCUT2D eigenvalue weighted by Crippen LogP contribution is 2.34. The van der Waals surface area contributed by atoms with Gasteiger partial charge in [0.1, 0.15) is 6.04 Å². The Morgan fingerprint density at radius 1 is 1.25 bits per heavy atom. The number of urea groups is 1. The summed E-state index contributed by atoms with van der Waals surface area (Å²) in [5, 5.41) is 2.34. The van der Waals surface area contributed by atoms with Gasteiger partial charge in [-0.3, -0.25) is 4.79 Å². The molecule has 1 fully saturated rings. The molecule has 0 radical (unpaired) electrons. The maximum atomic E-state index is 12.7. The summed E-state index contributed by atoms with van der Waals surface area (Å²) in [6.45, 7) is 2.03. The largest absolute Gasteiger partial charge is 0.416 e. The van der Waals surface area contributed by atoms with E-state index in [1.807, 2.05) is 0 Å². The summed E-state index contributed by atoms with van der Waals surface area (Å²) in [5.74, 6) is -0.293. The highest BCUT2D eigenvalue weighted by molar-refractivity contribution is 5.86. The molecule has 24 heavy (non-hydrogen) atoms. The lowest BCUT2D eigenvalue weighted by Gasteiger charge is -2.37. The van der Waals surface area contributed by atoms with Gasteiger partial charge in [0, 0.05) is 6.54 Å². The molecule has 0 unspecified atom stereocenters. The molecule has 1 aromatic rings. The standard InChI is InChI=1S/C16H20F3N3O2/c1-10(21-15(20)24)14(23)22-9-3-2-4-13(22)11-5-7-12(8-6-11)16(17,18)19/h5-8,10,13H,2-4,9H2,1H3,(H3,20,21,24)/t10-,13+/m0/s1. The summed E-state index contributed by atoms with van der Waals surface area (Å²) in [5.41, 5.74) is 4.97. The molecule has 0 spiro atoms. The number of hydrogen-bond donors (Lipinski definition) is 2. The molecular weight excluding hydrogens is 323 g/mol. The highest BCUT2D eigenvalue weighted by Gasteiger charge is 2.33. The van der Waals surface area contributed by atoms with Crippen molar-refractivity contribution in [3.8, 4) is 0 Å². The third-order valence-electron chi connectivity index (χ3n) is 4.14. The second-order valence-corrected chi connectivity index (χ2v) is 5.89. The Morgan fingerprint density at radius 2 is 1.88 bits per heavy atom. The molecule has 1 aliphatic rings. The van der Waals surface area contributed by atoms with Crippen LogP contribution in [0.1, 0.15) is 43.4 Å². The number of nitrogens with one attached hydrogen (secondary N) is 1. The van der Waals surface area contributed by atoms with E-state index in [4.69, 9.17) is 5.73 Å². The zero-order valence-electron chi connectivity index (χ0n) is 13.3. The van der Waals surface area contributed by atoms with Crippen molar-refractivity contribution in [2.24, 2.45) is 5.73 Å². The minimum atomic E-state index is -4.39. The number of primary amides is 1. The average Bonchev–Trinajstić information content (AvgIpc) is 2.53. The lowest BCUT2D eigenvalue weighted by molar-refractivity contribution is -0.138. The maximum absolute atomic E-state index is 12.7. The zero-order valence-corrected chi connectivity index (χ0v) is 13.3. The average molecular weight is 343 g/mol. The fourth-order valence-corrected chi connectivity index (χ4v) is 2.96. The van der Waals surface area contributed by atoms with E-state index in [0.717, 1.165) is 25.0 Å². The minimum absolute atomic E-state index is 0.293. The van der Waals surface area contributed by atoms with E-state index < -0.39 is 23.8 Å². The first-order valence-electron chi connectivity index (χ1n) is 7.73. The van der Waals surface area contributed by atoms with Crippen molar-refractivity contribution < 1.29 is 22.8 Å². The van der Waals surface area contributed by atoms with E-state index in [1.54, 1.807) is 4.90 Å². The lowest BCUT2D eigenvalue weighted by Crippen LogP contribution is -2.50. The Kier molecular flexibility index (Phi) is 5.36. The van der Waals surface area contributed by atoms with Crippen molar-refractivity contribution in [3.05, 3.63) is 35.4 Å². The minimum Gasteiger partial charge on any atom is -0.352 e. The van der Waals surface area contributed by atoms with Crippen LogP contribution in [0.15, 0.2) is 24.3 Å². The number of benzene rings is 1. The molecule has 132 valence electrons. The quantitative estimate of drug-likeness (QED) is 0.885. The van der Waals surface area contributed by atoms with Crippen LogP contribution in [0.5, 0.6) is 0 Å². The maximum Gasteiger partial charge on any atom is 0.416 e. The Hall–Kier alpha value is -2.25. The predicted octanol–water partition coefficient (Wildman–Crippen LogP) is 2.82. The monoisotopic (exact) mass is 343 g/mol. The Balaban J connectivity index is 2.20. The van der Waals surface area contributed by atoms with Crippen molar-refractivity contribution >= 4 is 11.9 Å². The molecule has 5 nitrogen and oxygen atoms in total. The fraction of sp³-hybridized carbons (Fsp3) is 0.500. The molecule has 0 saturated carbocycles. The molecular formula is C16H20F3N3O2. The van der Waals surface area contributed by atoms with Gasteiger partial charge in [-0.15, -0.1) is 0 Å². The van der Waals surface area contributed by atoms with E-state index in [9.17, 15) is 22.8 Å². The molecule has 0 bridgehead atoms. The molecule has 0 aromatic heterocycles. The first kappa shape index (κ1) is 18.1. The zero-order chi connectivity index (χ0) is 17.9.